The van der Waals surface area contributed by atoms with Crippen LogP contribution < -0.4 is 0 Å². The van der Waals surface area contributed by atoms with Crippen molar-refractivity contribution in [2.24, 2.45) is 5.92 Å². The lowest BCUT2D eigenvalue weighted by molar-refractivity contribution is -0.130. The number of alkyl halides is 1. The summed E-state index contributed by atoms with van der Waals surface area (Å²) in [5.41, 5.74) is 0. The van der Waals surface area contributed by atoms with Gasteiger partial charge in [0.2, 0.25) is 5.91 Å². The smallest absolute Gasteiger partial charge is 0.236 e. The van der Waals surface area contributed by atoms with Crippen molar-refractivity contribution in [1.29, 1.82) is 0 Å². The number of nitrogens with zero attached hydrogens (tertiary/aromatic N) is 1. The number of halogens is 1. The molecule has 0 aromatic carbocycles. The van der Waals surface area contributed by atoms with Gasteiger partial charge in [-0.15, -0.1) is 0 Å². The molecule has 1 saturated carbocycles. The van der Waals surface area contributed by atoms with E-state index in [0.717, 1.165) is 13.0 Å². The van der Waals surface area contributed by atoms with E-state index < -0.39 is 0 Å². The first kappa shape index (κ1) is 12.0. The Labute approximate surface area is 95.2 Å². The Balaban J connectivity index is 2.42. The molecular formula is C11H20BrNO. The number of hydrogen-bond donors (Lipinski definition) is 0. The molecule has 0 heterocycles. The lowest BCUT2D eigenvalue weighted by atomic mass is 10.1. The van der Waals surface area contributed by atoms with E-state index in [1.54, 1.807) is 0 Å². The average molecular weight is 262 g/mol. The Hall–Kier alpha value is -0.0500. The van der Waals surface area contributed by atoms with Crippen LogP contribution in [0.25, 0.3) is 0 Å². The van der Waals surface area contributed by atoms with Crippen LogP contribution in [-0.2, 0) is 4.79 Å². The molecule has 0 aromatic rings. The maximum Gasteiger partial charge on any atom is 0.236 e. The number of carbonyl (C=O) groups is 1. The third kappa shape index (κ3) is 3.60. The molecule has 0 aliphatic heterocycles. The van der Waals surface area contributed by atoms with E-state index in [1.165, 1.54) is 12.8 Å². The molecule has 1 aliphatic carbocycles. The van der Waals surface area contributed by atoms with Crippen LogP contribution in [0.5, 0.6) is 0 Å². The van der Waals surface area contributed by atoms with E-state index in [-0.39, 0.29) is 10.7 Å². The molecule has 0 N–H and O–H groups in total. The Morgan fingerprint density at radius 3 is 2.36 bits per heavy atom. The van der Waals surface area contributed by atoms with Gasteiger partial charge >= 0.3 is 0 Å². The van der Waals surface area contributed by atoms with E-state index in [0.29, 0.717) is 12.0 Å². The lowest BCUT2D eigenvalue weighted by Crippen LogP contribution is -2.38. The molecule has 0 saturated heterocycles. The van der Waals surface area contributed by atoms with Gasteiger partial charge in [-0.25, -0.2) is 0 Å². The highest BCUT2D eigenvalue weighted by molar-refractivity contribution is 9.10. The molecule has 14 heavy (non-hydrogen) atoms. The van der Waals surface area contributed by atoms with Crippen molar-refractivity contribution >= 4 is 21.8 Å². The van der Waals surface area contributed by atoms with Crippen molar-refractivity contribution in [3.8, 4) is 0 Å². The predicted octanol–water partition coefficient (Wildman–Crippen LogP) is 2.81. The highest BCUT2D eigenvalue weighted by Gasteiger charge is 2.33. The van der Waals surface area contributed by atoms with Gasteiger partial charge in [-0.2, -0.15) is 0 Å². The molecule has 1 unspecified atom stereocenters. The zero-order valence-electron chi connectivity index (χ0n) is 9.29. The van der Waals surface area contributed by atoms with Crippen molar-refractivity contribution in [3.63, 3.8) is 0 Å². The summed E-state index contributed by atoms with van der Waals surface area (Å²) < 4.78 is 0. The highest BCUT2D eigenvalue weighted by Crippen LogP contribution is 2.28. The monoisotopic (exact) mass is 261 g/mol. The molecule has 0 bridgehead atoms. The molecule has 1 aliphatic rings. The summed E-state index contributed by atoms with van der Waals surface area (Å²) in [6.07, 6.45) is 3.51. The molecule has 3 heteroatoms. The summed E-state index contributed by atoms with van der Waals surface area (Å²) in [5.74, 6) is 0.933. The summed E-state index contributed by atoms with van der Waals surface area (Å²) in [6, 6.07) is 0.543. The molecule has 0 spiro atoms. The fourth-order valence-electron chi connectivity index (χ4n) is 1.48. The van der Waals surface area contributed by atoms with Crippen LogP contribution in [-0.4, -0.2) is 28.2 Å². The third-order valence-corrected chi connectivity index (χ3v) is 2.95. The Kier molecular flexibility index (Phi) is 4.42. The van der Waals surface area contributed by atoms with Crippen LogP contribution in [0, 0.1) is 5.92 Å². The van der Waals surface area contributed by atoms with Crippen LogP contribution >= 0.6 is 15.9 Å². The second-order valence-electron chi connectivity index (χ2n) is 4.56. The van der Waals surface area contributed by atoms with E-state index >= 15 is 0 Å². The second-order valence-corrected chi connectivity index (χ2v) is 5.93. The van der Waals surface area contributed by atoms with Crippen molar-refractivity contribution in [2.75, 3.05) is 6.54 Å². The first-order valence-corrected chi connectivity index (χ1v) is 6.38. The third-order valence-electron chi connectivity index (χ3n) is 2.56. The molecule has 2 nitrogen and oxygen atoms in total. The largest absolute Gasteiger partial charge is 0.339 e. The first-order chi connectivity index (χ1) is 6.52. The number of carbonyl (C=O) groups excluding carboxylic acids is 1. The number of rotatable bonds is 5. The number of hydrogen-bond acceptors (Lipinski definition) is 1. The van der Waals surface area contributed by atoms with Gasteiger partial charge in [0.1, 0.15) is 0 Å². The van der Waals surface area contributed by atoms with Crippen LogP contribution in [0.3, 0.4) is 0 Å². The minimum atomic E-state index is -0.0322. The zero-order valence-corrected chi connectivity index (χ0v) is 10.9. The van der Waals surface area contributed by atoms with E-state index in [1.807, 2.05) is 6.92 Å². The molecule has 82 valence electrons. The van der Waals surface area contributed by atoms with Gasteiger partial charge < -0.3 is 4.90 Å². The van der Waals surface area contributed by atoms with Crippen LogP contribution in [0.1, 0.15) is 40.0 Å². The quantitative estimate of drug-likeness (QED) is 0.698. The minimum Gasteiger partial charge on any atom is -0.339 e. The van der Waals surface area contributed by atoms with Crippen molar-refractivity contribution in [1.82, 2.24) is 4.90 Å². The van der Waals surface area contributed by atoms with E-state index in [2.05, 4.69) is 34.7 Å². The molecule has 1 fully saturated rings. The molecular weight excluding hydrogens is 242 g/mol. The fraction of sp³-hybridized carbons (Fsp3) is 0.909. The zero-order chi connectivity index (χ0) is 10.7. The Bertz CT molecular complexity index is 199. The molecule has 1 atom stereocenters. The summed E-state index contributed by atoms with van der Waals surface area (Å²) >= 11 is 3.35. The summed E-state index contributed by atoms with van der Waals surface area (Å²) in [6.45, 7) is 7.24. The van der Waals surface area contributed by atoms with Crippen molar-refractivity contribution in [2.45, 2.75) is 50.9 Å². The summed E-state index contributed by atoms with van der Waals surface area (Å²) in [7, 11) is 0. The first-order valence-electron chi connectivity index (χ1n) is 5.47. The van der Waals surface area contributed by atoms with Crippen LogP contribution in [0.15, 0.2) is 0 Å². The summed E-state index contributed by atoms with van der Waals surface area (Å²) in [4.78, 5) is 13.8. The normalized spacial score (nSPS) is 18.4. The minimum absolute atomic E-state index is 0.0322. The van der Waals surface area contributed by atoms with Gasteiger partial charge in [-0.05, 0) is 32.1 Å². The second kappa shape index (κ2) is 5.15. The predicted molar refractivity (Wildman–Crippen MR) is 62.6 cm³/mol. The van der Waals surface area contributed by atoms with Gasteiger partial charge in [-0.3, -0.25) is 4.79 Å². The van der Waals surface area contributed by atoms with Gasteiger partial charge in [0.25, 0.3) is 0 Å². The van der Waals surface area contributed by atoms with Gasteiger partial charge in [-0.1, -0.05) is 29.8 Å². The molecule has 0 aromatic heterocycles. The average Bonchev–Trinajstić information content (AvgIpc) is 2.87. The topological polar surface area (TPSA) is 20.3 Å². The van der Waals surface area contributed by atoms with Crippen molar-refractivity contribution in [3.05, 3.63) is 0 Å². The Morgan fingerprint density at radius 1 is 1.43 bits per heavy atom. The van der Waals surface area contributed by atoms with Crippen LogP contribution in [0.2, 0.25) is 0 Å². The number of amides is 1. The lowest BCUT2D eigenvalue weighted by Gasteiger charge is -2.24. The van der Waals surface area contributed by atoms with E-state index in [4.69, 9.17) is 0 Å². The van der Waals surface area contributed by atoms with Gasteiger partial charge in [0, 0.05) is 12.6 Å². The standard InChI is InChI=1S/C11H20BrNO/c1-8(2)6-7-13(10-4-5-10)11(14)9(3)12/h8-10H,4-7H2,1-3H3. The Morgan fingerprint density at radius 2 is 2.00 bits per heavy atom. The molecule has 1 rings (SSSR count). The molecule has 1 amide bonds. The van der Waals surface area contributed by atoms with Crippen molar-refractivity contribution < 1.29 is 4.79 Å². The summed E-state index contributed by atoms with van der Waals surface area (Å²) in [5, 5.41) is 0. The van der Waals surface area contributed by atoms with E-state index in [9.17, 15) is 4.79 Å². The van der Waals surface area contributed by atoms with Gasteiger partial charge in [0.15, 0.2) is 0 Å². The molecule has 0 radical (unpaired) electrons. The van der Waals surface area contributed by atoms with Crippen LogP contribution in [0.4, 0.5) is 0 Å². The van der Waals surface area contributed by atoms with Gasteiger partial charge in [0.05, 0.1) is 4.83 Å². The fourth-order valence-corrected chi connectivity index (χ4v) is 1.75. The maximum absolute atomic E-state index is 11.8. The maximum atomic E-state index is 11.8. The SMILES string of the molecule is CC(C)CCN(C(=O)C(C)Br)C1CC1. The highest BCUT2D eigenvalue weighted by atomic mass is 79.9.